The maximum Gasteiger partial charge on any atom is -0.000666 e. The highest BCUT2D eigenvalue weighted by Crippen LogP contribution is 1.99. The molecule has 0 unspecified atom stereocenters. The standard InChI is InChI=1S/C13H30N2S/c1-4-14(5-2)11-9-12-15(6-3)10-7-8-13-16/h16H,4-13H2,1-3H3. The van der Waals surface area contributed by atoms with E-state index in [4.69, 9.17) is 0 Å². The quantitative estimate of drug-likeness (QED) is 0.442. The van der Waals surface area contributed by atoms with Gasteiger partial charge in [0.25, 0.3) is 0 Å². The zero-order chi connectivity index (χ0) is 12.2. The highest BCUT2D eigenvalue weighted by atomic mass is 32.1. The lowest BCUT2D eigenvalue weighted by Crippen LogP contribution is -2.30. The van der Waals surface area contributed by atoms with E-state index in [0.29, 0.717) is 0 Å². The van der Waals surface area contributed by atoms with Crippen LogP contribution in [0.2, 0.25) is 0 Å². The first-order chi connectivity index (χ1) is 7.78. The molecule has 0 saturated carbocycles. The van der Waals surface area contributed by atoms with Crippen LogP contribution in [0.3, 0.4) is 0 Å². The predicted octanol–water partition coefficient (Wildman–Crippen LogP) is 2.75. The van der Waals surface area contributed by atoms with Crippen molar-refractivity contribution in [2.24, 2.45) is 0 Å². The van der Waals surface area contributed by atoms with E-state index in [9.17, 15) is 0 Å². The Morgan fingerprint density at radius 3 is 1.69 bits per heavy atom. The van der Waals surface area contributed by atoms with E-state index in [1.165, 1.54) is 58.5 Å². The molecular weight excluding hydrogens is 216 g/mol. The summed E-state index contributed by atoms with van der Waals surface area (Å²) in [6.07, 6.45) is 3.84. The lowest BCUT2D eigenvalue weighted by molar-refractivity contribution is 0.241. The second-order valence-corrected chi connectivity index (χ2v) is 4.69. The van der Waals surface area contributed by atoms with Gasteiger partial charge in [-0.1, -0.05) is 20.8 Å². The molecule has 0 saturated heterocycles. The molecule has 98 valence electrons. The minimum Gasteiger partial charge on any atom is -0.304 e. The lowest BCUT2D eigenvalue weighted by atomic mass is 10.3. The van der Waals surface area contributed by atoms with Gasteiger partial charge in [-0.25, -0.2) is 0 Å². The molecule has 0 amide bonds. The van der Waals surface area contributed by atoms with Gasteiger partial charge in [-0.15, -0.1) is 0 Å². The zero-order valence-corrected chi connectivity index (χ0v) is 12.3. The Morgan fingerprint density at radius 2 is 1.19 bits per heavy atom. The van der Waals surface area contributed by atoms with E-state index in [1.807, 2.05) is 0 Å². The molecule has 0 fully saturated rings. The van der Waals surface area contributed by atoms with Crippen molar-refractivity contribution in [2.45, 2.75) is 40.0 Å². The van der Waals surface area contributed by atoms with E-state index >= 15 is 0 Å². The van der Waals surface area contributed by atoms with Crippen LogP contribution in [0, 0.1) is 0 Å². The number of hydrogen-bond acceptors (Lipinski definition) is 3. The van der Waals surface area contributed by atoms with Gasteiger partial charge >= 0.3 is 0 Å². The van der Waals surface area contributed by atoms with Crippen molar-refractivity contribution in [2.75, 3.05) is 45.0 Å². The van der Waals surface area contributed by atoms with Gasteiger partial charge in [-0.05, 0) is 64.3 Å². The van der Waals surface area contributed by atoms with E-state index in [1.54, 1.807) is 0 Å². The number of hydrogen-bond donors (Lipinski definition) is 1. The maximum absolute atomic E-state index is 4.25. The van der Waals surface area contributed by atoms with Crippen molar-refractivity contribution in [3.05, 3.63) is 0 Å². The summed E-state index contributed by atoms with van der Waals surface area (Å²) in [5.41, 5.74) is 0. The van der Waals surface area contributed by atoms with Gasteiger partial charge in [-0.2, -0.15) is 12.6 Å². The molecule has 2 nitrogen and oxygen atoms in total. The van der Waals surface area contributed by atoms with Crippen LogP contribution >= 0.6 is 12.6 Å². The summed E-state index contributed by atoms with van der Waals surface area (Å²) in [6.45, 7) is 14.0. The van der Waals surface area contributed by atoms with E-state index in [-0.39, 0.29) is 0 Å². The number of thiol groups is 1. The summed E-state index contributed by atoms with van der Waals surface area (Å²) < 4.78 is 0. The van der Waals surface area contributed by atoms with Gasteiger partial charge in [0.15, 0.2) is 0 Å². The van der Waals surface area contributed by atoms with Crippen LogP contribution in [0.5, 0.6) is 0 Å². The second kappa shape index (κ2) is 11.7. The van der Waals surface area contributed by atoms with Crippen LogP contribution in [0.15, 0.2) is 0 Å². The van der Waals surface area contributed by atoms with Crippen LogP contribution in [-0.2, 0) is 0 Å². The Balaban J connectivity index is 3.53. The van der Waals surface area contributed by atoms with Crippen LogP contribution in [-0.4, -0.2) is 54.8 Å². The molecule has 0 aromatic rings. The minimum absolute atomic E-state index is 1.02. The van der Waals surface area contributed by atoms with E-state index < -0.39 is 0 Å². The smallest absolute Gasteiger partial charge is 0.000666 e. The predicted molar refractivity (Wildman–Crippen MR) is 77.6 cm³/mol. The third-order valence-corrected chi connectivity index (χ3v) is 3.49. The number of unbranched alkanes of at least 4 members (excludes halogenated alkanes) is 1. The van der Waals surface area contributed by atoms with Crippen molar-refractivity contribution in [3.63, 3.8) is 0 Å². The fourth-order valence-electron chi connectivity index (χ4n) is 1.93. The average molecular weight is 246 g/mol. The highest BCUT2D eigenvalue weighted by molar-refractivity contribution is 7.80. The van der Waals surface area contributed by atoms with Crippen molar-refractivity contribution >= 4 is 12.6 Å². The van der Waals surface area contributed by atoms with Gasteiger partial charge < -0.3 is 9.80 Å². The van der Waals surface area contributed by atoms with Gasteiger partial charge in [0.05, 0.1) is 0 Å². The van der Waals surface area contributed by atoms with Gasteiger partial charge in [0.1, 0.15) is 0 Å². The Labute approximate surface area is 108 Å². The van der Waals surface area contributed by atoms with Crippen LogP contribution in [0.4, 0.5) is 0 Å². The van der Waals surface area contributed by atoms with Crippen molar-refractivity contribution in [1.82, 2.24) is 9.80 Å². The summed E-state index contributed by atoms with van der Waals surface area (Å²) in [7, 11) is 0. The Hall–Kier alpha value is 0.270. The summed E-state index contributed by atoms with van der Waals surface area (Å²) >= 11 is 4.25. The normalized spacial score (nSPS) is 11.6. The molecule has 0 aromatic heterocycles. The van der Waals surface area contributed by atoms with Crippen LogP contribution < -0.4 is 0 Å². The number of nitrogens with zero attached hydrogens (tertiary/aromatic N) is 2. The molecule has 0 heterocycles. The highest BCUT2D eigenvalue weighted by Gasteiger charge is 2.03. The summed E-state index contributed by atoms with van der Waals surface area (Å²) in [6, 6.07) is 0. The van der Waals surface area contributed by atoms with Crippen LogP contribution in [0.1, 0.15) is 40.0 Å². The summed E-state index contributed by atoms with van der Waals surface area (Å²) in [5.74, 6) is 1.02. The van der Waals surface area contributed by atoms with Crippen molar-refractivity contribution in [1.29, 1.82) is 0 Å². The van der Waals surface area contributed by atoms with Gasteiger partial charge in [-0.3, -0.25) is 0 Å². The zero-order valence-electron chi connectivity index (χ0n) is 11.4. The lowest BCUT2D eigenvalue weighted by Gasteiger charge is -2.23. The van der Waals surface area contributed by atoms with Gasteiger partial charge in [0, 0.05) is 0 Å². The Kier molecular flexibility index (Phi) is 11.9. The molecule has 0 atom stereocenters. The fourth-order valence-corrected chi connectivity index (χ4v) is 2.16. The molecule has 0 N–H and O–H groups in total. The Morgan fingerprint density at radius 1 is 0.688 bits per heavy atom. The molecule has 3 heteroatoms. The molecule has 0 rings (SSSR count). The molecule has 0 spiro atoms. The van der Waals surface area contributed by atoms with E-state index in [2.05, 4.69) is 43.2 Å². The molecule has 0 radical (unpaired) electrons. The molecule has 0 aliphatic rings. The van der Waals surface area contributed by atoms with Crippen molar-refractivity contribution < 1.29 is 0 Å². The Bertz CT molecular complexity index is 138. The molecular formula is C13H30N2S. The van der Waals surface area contributed by atoms with Crippen LogP contribution in [0.25, 0.3) is 0 Å². The SMILES string of the molecule is CCN(CC)CCCN(CC)CCCCS. The fraction of sp³-hybridized carbons (Fsp3) is 1.00. The maximum atomic E-state index is 4.25. The molecule has 16 heavy (non-hydrogen) atoms. The topological polar surface area (TPSA) is 6.48 Å². The minimum atomic E-state index is 1.02. The third kappa shape index (κ3) is 8.43. The average Bonchev–Trinajstić information content (AvgIpc) is 2.32. The third-order valence-electron chi connectivity index (χ3n) is 3.17. The first-order valence-corrected chi connectivity index (χ1v) is 7.47. The summed E-state index contributed by atoms with van der Waals surface area (Å²) in [5, 5.41) is 0. The largest absolute Gasteiger partial charge is 0.304 e. The first-order valence-electron chi connectivity index (χ1n) is 6.83. The van der Waals surface area contributed by atoms with Crippen molar-refractivity contribution in [3.8, 4) is 0 Å². The molecule has 0 bridgehead atoms. The first kappa shape index (κ1) is 16.3. The second-order valence-electron chi connectivity index (χ2n) is 4.25. The van der Waals surface area contributed by atoms with Gasteiger partial charge in [0.2, 0.25) is 0 Å². The van der Waals surface area contributed by atoms with E-state index in [0.717, 1.165) is 5.75 Å². The number of rotatable bonds is 11. The monoisotopic (exact) mass is 246 g/mol. The molecule has 0 aliphatic carbocycles. The summed E-state index contributed by atoms with van der Waals surface area (Å²) in [4.78, 5) is 5.06. The molecule has 0 aromatic carbocycles. The molecule has 0 aliphatic heterocycles.